The van der Waals surface area contributed by atoms with Gasteiger partial charge >= 0.3 is 6.18 Å². The van der Waals surface area contributed by atoms with Crippen LogP contribution in [-0.4, -0.2) is 48.8 Å². The van der Waals surface area contributed by atoms with Gasteiger partial charge in [0.25, 0.3) is 0 Å². The van der Waals surface area contributed by atoms with Crippen LogP contribution in [-0.2, 0) is 12.8 Å². The first-order valence-electron chi connectivity index (χ1n) is 11.9. The predicted octanol–water partition coefficient (Wildman–Crippen LogP) is 5.67. The molecule has 4 nitrogen and oxygen atoms in total. The fourth-order valence-corrected chi connectivity index (χ4v) is 5.04. The van der Waals surface area contributed by atoms with Crippen molar-refractivity contribution in [2.45, 2.75) is 50.5 Å². The summed E-state index contributed by atoms with van der Waals surface area (Å²) in [6, 6.07) is 13.1. The Morgan fingerprint density at radius 3 is 2.17 bits per heavy atom. The molecule has 2 aromatic rings. The number of alkyl halides is 3. The molecule has 1 saturated heterocycles. The second-order valence-electron chi connectivity index (χ2n) is 9.23. The second-order valence-corrected chi connectivity index (χ2v) is 9.23. The molecule has 1 saturated carbocycles. The van der Waals surface area contributed by atoms with Crippen molar-refractivity contribution in [2.24, 2.45) is 5.92 Å². The predicted molar refractivity (Wildman–Crippen MR) is 137 cm³/mol. The fraction of sp³-hybridized carbons (Fsp3) is 0.538. The monoisotopic (exact) mass is 534 g/mol. The molecule has 9 heteroatoms. The van der Waals surface area contributed by atoms with Crippen LogP contribution in [0.3, 0.4) is 0 Å². The summed E-state index contributed by atoms with van der Waals surface area (Å²) in [7, 11) is 0. The van der Waals surface area contributed by atoms with Crippen molar-refractivity contribution in [1.29, 1.82) is 0 Å². The molecule has 0 amide bonds. The Bertz CT molecular complexity index is 876. The third-order valence-corrected chi connectivity index (χ3v) is 6.96. The molecule has 3 atom stereocenters. The van der Waals surface area contributed by atoms with E-state index in [-0.39, 0.29) is 49.4 Å². The number of hydrogen-bond donors (Lipinski definition) is 2. The van der Waals surface area contributed by atoms with Gasteiger partial charge in [-0.15, -0.1) is 24.8 Å². The van der Waals surface area contributed by atoms with Gasteiger partial charge in [-0.1, -0.05) is 37.1 Å². The molecule has 0 aromatic heterocycles. The minimum Gasteiger partial charge on any atom is -0.489 e. The number of halogens is 5. The largest absolute Gasteiger partial charge is 0.489 e. The van der Waals surface area contributed by atoms with Crippen molar-refractivity contribution in [3.8, 4) is 5.75 Å². The van der Waals surface area contributed by atoms with Crippen molar-refractivity contribution >= 4 is 24.8 Å². The van der Waals surface area contributed by atoms with Gasteiger partial charge in [-0.3, -0.25) is 0 Å². The Labute approximate surface area is 218 Å². The summed E-state index contributed by atoms with van der Waals surface area (Å²) >= 11 is 0. The number of aliphatic hydroxyl groups is 1. The van der Waals surface area contributed by atoms with Crippen molar-refractivity contribution < 1.29 is 23.0 Å². The molecule has 1 aliphatic carbocycles. The number of hydrogen-bond acceptors (Lipinski definition) is 4. The molecule has 4 rings (SSSR count). The van der Waals surface area contributed by atoms with E-state index in [9.17, 15) is 18.3 Å². The summed E-state index contributed by atoms with van der Waals surface area (Å²) in [6.07, 6.45) is -0.422. The van der Waals surface area contributed by atoms with Crippen LogP contribution in [0.1, 0.15) is 48.3 Å². The first-order chi connectivity index (χ1) is 15.9. The van der Waals surface area contributed by atoms with Crippen LogP contribution in [0.4, 0.5) is 13.2 Å². The van der Waals surface area contributed by atoms with Crippen molar-refractivity contribution in [2.75, 3.05) is 32.7 Å². The lowest BCUT2D eigenvalue weighted by Crippen LogP contribution is -2.46. The minimum atomic E-state index is -4.33. The maximum Gasteiger partial charge on any atom is 0.416 e. The second kappa shape index (κ2) is 13.7. The lowest BCUT2D eigenvalue weighted by atomic mass is 9.74. The van der Waals surface area contributed by atoms with Gasteiger partial charge in [0.05, 0.1) is 11.7 Å². The van der Waals surface area contributed by atoms with Gasteiger partial charge in [-0.2, -0.15) is 13.2 Å². The summed E-state index contributed by atoms with van der Waals surface area (Å²) in [6.45, 7) is 5.19. The van der Waals surface area contributed by atoms with Crippen LogP contribution in [0.2, 0.25) is 0 Å². The van der Waals surface area contributed by atoms with E-state index >= 15 is 0 Å². The van der Waals surface area contributed by atoms with Gasteiger partial charge in [0.1, 0.15) is 12.4 Å². The van der Waals surface area contributed by atoms with E-state index in [1.165, 1.54) is 17.7 Å². The van der Waals surface area contributed by atoms with Crippen LogP contribution < -0.4 is 10.1 Å². The first kappa shape index (κ1) is 29.7. The van der Waals surface area contributed by atoms with E-state index in [0.29, 0.717) is 11.3 Å². The number of rotatable bonds is 7. The van der Waals surface area contributed by atoms with Crippen molar-refractivity contribution in [1.82, 2.24) is 10.2 Å². The molecule has 2 aromatic carbocycles. The third kappa shape index (κ3) is 8.25. The van der Waals surface area contributed by atoms with Crippen LogP contribution in [0.5, 0.6) is 5.75 Å². The Balaban J connectivity index is 0.00000216. The van der Waals surface area contributed by atoms with E-state index in [1.807, 2.05) is 12.1 Å². The lowest BCUT2D eigenvalue weighted by molar-refractivity contribution is -0.137. The van der Waals surface area contributed by atoms with Gasteiger partial charge in [0, 0.05) is 38.6 Å². The molecule has 196 valence electrons. The SMILES string of the molecule is Cl.Cl.OC1CCCCC1C(CN1CCNCC1)c1ccc(OCc2ccc(C(F)(F)F)cc2)cc1. The third-order valence-electron chi connectivity index (χ3n) is 6.96. The van der Waals surface area contributed by atoms with Crippen LogP contribution in [0.15, 0.2) is 48.5 Å². The molecule has 2 fully saturated rings. The van der Waals surface area contributed by atoms with Gasteiger partial charge in [0.15, 0.2) is 0 Å². The summed E-state index contributed by atoms with van der Waals surface area (Å²) in [5.41, 5.74) is 1.24. The zero-order valence-corrected chi connectivity index (χ0v) is 21.3. The Morgan fingerprint density at radius 2 is 1.57 bits per heavy atom. The highest BCUT2D eigenvalue weighted by atomic mass is 35.5. The molecule has 1 heterocycles. The Kier molecular flexibility index (Phi) is 11.6. The lowest BCUT2D eigenvalue weighted by Gasteiger charge is -2.38. The molecule has 2 aliphatic rings. The average molecular weight is 535 g/mol. The van der Waals surface area contributed by atoms with Crippen molar-refractivity contribution in [3.63, 3.8) is 0 Å². The van der Waals surface area contributed by atoms with Crippen molar-refractivity contribution in [3.05, 3.63) is 65.2 Å². The normalized spacial score (nSPS) is 21.9. The molecule has 1 aliphatic heterocycles. The van der Waals surface area contributed by atoms with E-state index in [1.54, 1.807) is 0 Å². The topological polar surface area (TPSA) is 44.7 Å². The Hall–Kier alpha value is -1.51. The number of nitrogens with one attached hydrogen (secondary N) is 1. The van der Waals surface area contributed by atoms with E-state index in [4.69, 9.17) is 4.74 Å². The molecule has 35 heavy (non-hydrogen) atoms. The van der Waals surface area contributed by atoms with Gasteiger partial charge < -0.3 is 20.1 Å². The van der Waals surface area contributed by atoms with Crippen LogP contribution in [0, 0.1) is 5.92 Å². The number of aliphatic hydroxyl groups excluding tert-OH is 1. The smallest absolute Gasteiger partial charge is 0.416 e. The van der Waals surface area contributed by atoms with E-state index in [2.05, 4.69) is 22.3 Å². The number of piperazine rings is 1. The standard InChI is InChI=1S/C26H33F3N2O2.2ClH/c27-26(28,29)21-9-5-19(6-10-21)18-33-22-11-7-20(8-12-22)24(17-31-15-13-30-14-16-31)23-3-1-2-4-25(23)32;;/h5-12,23-25,30,32H,1-4,13-18H2;2*1H. The first-order valence-corrected chi connectivity index (χ1v) is 11.9. The van der Waals surface area contributed by atoms with Gasteiger partial charge in [-0.25, -0.2) is 0 Å². The highest BCUT2D eigenvalue weighted by Gasteiger charge is 2.33. The summed E-state index contributed by atoms with van der Waals surface area (Å²) in [4.78, 5) is 2.48. The average Bonchev–Trinajstić information content (AvgIpc) is 2.83. The number of ether oxygens (including phenoxy) is 1. The maximum atomic E-state index is 12.7. The summed E-state index contributed by atoms with van der Waals surface area (Å²) in [5.74, 6) is 1.21. The zero-order valence-electron chi connectivity index (χ0n) is 19.7. The molecule has 0 spiro atoms. The van der Waals surface area contributed by atoms with Crippen LogP contribution in [0.25, 0.3) is 0 Å². The highest BCUT2D eigenvalue weighted by Crippen LogP contribution is 2.37. The Morgan fingerprint density at radius 1 is 0.943 bits per heavy atom. The number of nitrogens with zero attached hydrogens (tertiary/aromatic N) is 1. The highest BCUT2D eigenvalue weighted by molar-refractivity contribution is 5.85. The fourth-order valence-electron chi connectivity index (χ4n) is 5.04. The molecule has 0 radical (unpaired) electrons. The van der Waals surface area contributed by atoms with E-state index in [0.717, 1.165) is 70.5 Å². The molecular weight excluding hydrogens is 500 g/mol. The number of benzene rings is 2. The molecular formula is C26H35Cl2F3N2O2. The summed E-state index contributed by atoms with van der Waals surface area (Å²) < 4.78 is 44.0. The quantitative estimate of drug-likeness (QED) is 0.480. The van der Waals surface area contributed by atoms with Gasteiger partial charge in [-0.05, 0) is 54.2 Å². The van der Waals surface area contributed by atoms with Crippen LogP contribution >= 0.6 is 24.8 Å². The zero-order chi connectivity index (χ0) is 23.3. The molecule has 3 unspecified atom stereocenters. The maximum absolute atomic E-state index is 12.7. The summed E-state index contributed by atoms with van der Waals surface area (Å²) in [5, 5.41) is 14.1. The van der Waals surface area contributed by atoms with E-state index < -0.39 is 11.7 Å². The van der Waals surface area contributed by atoms with Gasteiger partial charge in [0.2, 0.25) is 0 Å². The molecule has 2 N–H and O–H groups in total. The molecule has 0 bridgehead atoms. The minimum absolute atomic E-state index is 0.